The quantitative estimate of drug-likeness (QED) is 0.910. The zero-order chi connectivity index (χ0) is 15.6. The van der Waals surface area contributed by atoms with Crippen molar-refractivity contribution in [2.24, 2.45) is 0 Å². The number of rotatable bonds is 5. The van der Waals surface area contributed by atoms with E-state index >= 15 is 0 Å². The standard InChI is InChI=1S/C16H23N3OS/c1-6-19-14(10(2)3)8-7-12(15(19)20)13-9-21-16(18-13)17-11(4)5/h7-11H,6H2,1-5H3,(H,17,18). The molecule has 2 aromatic heterocycles. The van der Waals surface area contributed by atoms with Crippen LogP contribution in [0.2, 0.25) is 0 Å². The molecule has 5 heteroatoms. The fourth-order valence-corrected chi connectivity index (χ4v) is 3.19. The van der Waals surface area contributed by atoms with Gasteiger partial charge in [-0.3, -0.25) is 4.79 Å². The predicted octanol–water partition coefficient (Wildman–Crippen LogP) is 3.94. The molecule has 0 amide bonds. The normalized spacial score (nSPS) is 11.4. The molecule has 0 radical (unpaired) electrons. The summed E-state index contributed by atoms with van der Waals surface area (Å²) in [6.07, 6.45) is 0. The molecular weight excluding hydrogens is 282 g/mol. The van der Waals surface area contributed by atoms with Crippen molar-refractivity contribution in [3.05, 3.63) is 33.6 Å². The summed E-state index contributed by atoms with van der Waals surface area (Å²) in [6, 6.07) is 4.28. The van der Waals surface area contributed by atoms with E-state index in [1.54, 1.807) is 0 Å². The molecular formula is C16H23N3OS. The van der Waals surface area contributed by atoms with Crippen molar-refractivity contribution in [3.8, 4) is 11.3 Å². The first-order valence-corrected chi connectivity index (χ1v) is 8.28. The Morgan fingerprint density at radius 2 is 2.00 bits per heavy atom. The highest BCUT2D eigenvalue weighted by atomic mass is 32.1. The summed E-state index contributed by atoms with van der Waals surface area (Å²) in [6.45, 7) is 11.0. The molecule has 1 N–H and O–H groups in total. The summed E-state index contributed by atoms with van der Waals surface area (Å²) in [7, 11) is 0. The van der Waals surface area contributed by atoms with Crippen LogP contribution in [0.25, 0.3) is 11.3 Å². The average Bonchev–Trinajstić information content (AvgIpc) is 2.85. The molecule has 0 bridgehead atoms. The van der Waals surface area contributed by atoms with Crippen LogP contribution < -0.4 is 10.9 Å². The lowest BCUT2D eigenvalue weighted by Crippen LogP contribution is -2.24. The lowest BCUT2D eigenvalue weighted by molar-refractivity contribution is 0.641. The lowest BCUT2D eigenvalue weighted by atomic mass is 10.1. The smallest absolute Gasteiger partial charge is 0.260 e. The second kappa shape index (κ2) is 6.43. The van der Waals surface area contributed by atoms with E-state index in [0.717, 1.165) is 16.5 Å². The maximum Gasteiger partial charge on any atom is 0.260 e. The van der Waals surface area contributed by atoms with Crippen LogP contribution in [0, 0.1) is 0 Å². The second-order valence-corrected chi connectivity index (χ2v) is 6.57. The van der Waals surface area contributed by atoms with E-state index in [-0.39, 0.29) is 5.56 Å². The highest BCUT2D eigenvalue weighted by Gasteiger charge is 2.14. The Morgan fingerprint density at radius 3 is 2.57 bits per heavy atom. The van der Waals surface area contributed by atoms with Crippen LogP contribution in [0.15, 0.2) is 22.3 Å². The zero-order valence-electron chi connectivity index (χ0n) is 13.3. The summed E-state index contributed by atoms with van der Waals surface area (Å²) in [5.74, 6) is 0.334. The number of nitrogens with zero attached hydrogens (tertiary/aromatic N) is 2. The fraction of sp³-hybridized carbons (Fsp3) is 0.500. The van der Waals surface area contributed by atoms with Crippen LogP contribution in [0.4, 0.5) is 5.13 Å². The predicted molar refractivity (Wildman–Crippen MR) is 90.3 cm³/mol. The van der Waals surface area contributed by atoms with Crippen molar-refractivity contribution in [2.75, 3.05) is 5.32 Å². The average molecular weight is 305 g/mol. The van der Waals surface area contributed by atoms with E-state index in [0.29, 0.717) is 24.1 Å². The third-order valence-electron chi connectivity index (χ3n) is 3.31. The van der Waals surface area contributed by atoms with E-state index in [9.17, 15) is 4.79 Å². The molecule has 0 saturated heterocycles. The molecule has 21 heavy (non-hydrogen) atoms. The third-order valence-corrected chi connectivity index (χ3v) is 4.08. The Labute approximate surface area is 129 Å². The molecule has 0 fully saturated rings. The van der Waals surface area contributed by atoms with Gasteiger partial charge in [0.05, 0.1) is 11.3 Å². The van der Waals surface area contributed by atoms with Crippen LogP contribution in [-0.2, 0) is 6.54 Å². The van der Waals surface area contributed by atoms with Crippen LogP contribution in [0.1, 0.15) is 46.2 Å². The van der Waals surface area contributed by atoms with Crippen molar-refractivity contribution >= 4 is 16.5 Å². The molecule has 2 rings (SSSR count). The largest absolute Gasteiger partial charge is 0.359 e. The first-order chi connectivity index (χ1) is 9.93. The number of hydrogen-bond donors (Lipinski definition) is 1. The topological polar surface area (TPSA) is 46.9 Å². The number of hydrogen-bond acceptors (Lipinski definition) is 4. The molecule has 0 atom stereocenters. The number of nitrogens with one attached hydrogen (secondary N) is 1. The maximum absolute atomic E-state index is 12.7. The Kier molecular flexibility index (Phi) is 4.83. The number of thiazole rings is 1. The Bertz CT molecular complexity index is 670. The van der Waals surface area contributed by atoms with Gasteiger partial charge in [0.2, 0.25) is 0 Å². The molecule has 2 heterocycles. The van der Waals surface area contributed by atoms with Gasteiger partial charge in [0.15, 0.2) is 5.13 Å². The molecule has 0 saturated carbocycles. The SMILES string of the molecule is CCn1c(C(C)C)ccc(-c2csc(NC(C)C)n2)c1=O. The summed E-state index contributed by atoms with van der Waals surface area (Å²) >= 11 is 1.54. The minimum Gasteiger partial charge on any atom is -0.359 e. The molecule has 0 aliphatic carbocycles. The molecule has 0 aliphatic heterocycles. The molecule has 4 nitrogen and oxygen atoms in total. The van der Waals surface area contributed by atoms with Gasteiger partial charge in [-0.25, -0.2) is 4.98 Å². The summed E-state index contributed by atoms with van der Waals surface area (Å²) in [4.78, 5) is 17.2. The molecule has 2 aromatic rings. The van der Waals surface area contributed by atoms with Gasteiger partial charge in [-0.1, -0.05) is 13.8 Å². The fourth-order valence-electron chi connectivity index (χ4n) is 2.33. The highest BCUT2D eigenvalue weighted by Crippen LogP contribution is 2.24. The minimum atomic E-state index is 0.0464. The van der Waals surface area contributed by atoms with Gasteiger partial charge in [0.25, 0.3) is 5.56 Å². The van der Waals surface area contributed by atoms with Crippen LogP contribution >= 0.6 is 11.3 Å². The maximum atomic E-state index is 12.7. The second-order valence-electron chi connectivity index (χ2n) is 5.71. The van der Waals surface area contributed by atoms with Crippen molar-refractivity contribution in [1.29, 1.82) is 0 Å². The van der Waals surface area contributed by atoms with Crippen molar-refractivity contribution in [2.45, 2.75) is 53.1 Å². The zero-order valence-corrected chi connectivity index (χ0v) is 14.1. The van der Waals surface area contributed by atoms with Crippen LogP contribution in [-0.4, -0.2) is 15.6 Å². The Hall–Kier alpha value is -1.62. The van der Waals surface area contributed by atoms with Gasteiger partial charge < -0.3 is 9.88 Å². The van der Waals surface area contributed by atoms with Gasteiger partial charge >= 0.3 is 0 Å². The van der Waals surface area contributed by atoms with Gasteiger partial charge in [0, 0.05) is 23.7 Å². The molecule has 0 spiro atoms. The van der Waals surface area contributed by atoms with E-state index in [2.05, 4.69) is 38.0 Å². The van der Waals surface area contributed by atoms with Gasteiger partial charge in [-0.05, 0) is 38.8 Å². The van der Waals surface area contributed by atoms with Crippen molar-refractivity contribution in [3.63, 3.8) is 0 Å². The number of aromatic nitrogens is 2. The van der Waals surface area contributed by atoms with Crippen LogP contribution in [0.5, 0.6) is 0 Å². The van der Waals surface area contributed by atoms with Crippen molar-refractivity contribution < 1.29 is 0 Å². The minimum absolute atomic E-state index is 0.0464. The van der Waals surface area contributed by atoms with E-state index in [1.807, 2.05) is 29.0 Å². The molecule has 114 valence electrons. The summed E-state index contributed by atoms with van der Waals surface area (Å²) in [5, 5.41) is 6.07. The third kappa shape index (κ3) is 3.35. The first kappa shape index (κ1) is 15.8. The van der Waals surface area contributed by atoms with Gasteiger partial charge in [-0.15, -0.1) is 11.3 Å². The van der Waals surface area contributed by atoms with E-state index in [1.165, 1.54) is 11.3 Å². The van der Waals surface area contributed by atoms with Crippen LogP contribution in [0.3, 0.4) is 0 Å². The number of pyridine rings is 1. The Balaban J connectivity index is 2.45. The van der Waals surface area contributed by atoms with Gasteiger partial charge in [-0.2, -0.15) is 0 Å². The highest BCUT2D eigenvalue weighted by molar-refractivity contribution is 7.14. The lowest BCUT2D eigenvalue weighted by Gasteiger charge is -2.15. The first-order valence-electron chi connectivity index (χ1n) is 7.40. The summed E-state index contributed by atoms with van der Waals surface area (Å²) < 4.78 is 1.84. The monoisotopic (exact) mass is 305 g/mol. The number of anilines is 1. The van der Waals surface area contributed by atoms with E-state index < -0.39 is 0 Å². The Morgan fingerprint density at radius 1 is 1.29 bits per heavy atom. The molecule has 0 aromatic carbocycles. The molecule has 0 unspecified atom stereocenters. The van der Waals surface area contributed by atoms with Gasteiger partial charge in [0.1, 0.15) is 0 Å². The van der Waals surface area contributed by atoms with Crippen molar-refractivity contribution in [1.82, 2.24) is 9.55 Å². The van der Waals surface area contributed by atoms with E-state index in [4.69, 9.17) is 0 Å². The molecule has 0 aliphatic rings. The summed E-state index contributed by atoms with van der Waals surface area (Å²) in [5.41, 5.74) is 2.55.